The first-order valence-corrected chi connectivity index (χ1v) is 20.9. The molecule has 0 aliphatic carbocycles. The molecule has 0 aliphatic heterocycles. The Hall–Kier alpha value is -3.59. The Morgan fingerprint density at radius 1 is 0.519 bits per heavy atom. The van der Waals surface area contributed by atoms with Crippen molar-refractivity contribution >= 4 is 65.8 Å². The van der Waals surface area contributed by atoms with Gasteiger partial charge in [-0.25, -0.2) is 32.6 Å². The quantitative estimate of drug-likeness (QED) is 0.155. The third kappa shape index (κ3) is 7.03. The second kappa shape index (κ2) is 14.5. The van der Waals surface area contributed by atoms with Crippen LogP contribution in [-0.4, -0.2) is 19.9 Å². The molecule has 6 heterocycles. The summed E-state index contributed by atoms with van der Waals surface area (Å²) in [4.78, 5) is 25.3. The topological polar surface area (TPSA) is 60.8 Å². The summed E-state index contributed by atoms with van der Waals surface area (Å²) >= 11 is 6.76. The summed E-state index contributed by atoms with van der Waals surface area (Å²) in [6.07, 6.45) is 3.33. The van der Waals surface area contributed by atoms with Gasteiger partial charge in [0.15, 0.2) is 0 Å². The maximum atomic E-state index is 6.57. The average molecular weight is 964 g/mol. The van der Waals surface area contributed by atoms with Crippen molar-refractivity contribution in [3.05, 3.63) is 105 Å². The number of nitrogens with zero attached hydrogens (tertiary/aromatic N) is 4. The summed E-state index contributed by atoms with van der Waals surface area (Å²) in [5.41, 5.74) is 11.3. The Bertz CT molecular complexity index is 2470. The van der Waals surface area contributed by atoms with Crippen LogP contribution >= 0.6 is 45.3 Å². The minimum atomic E-state index is 0. The molecule has 0 saturated carbocycles. The number of fused-ring (bicyclic) bond motifs is 2. The molecule has 0 spiro atoms. The Morgan fingerprint density at radius 2 is 0.889 bits per heavy atom. The number of rotatable bonds is 6. The van der Waals surface area contributed by atoms with Crippen LogP contribution in [0.15, 0.2) is 61.2 Å². The summed E-state index contributed by atoms with van der Waals surface area (Å²) in [5.74, 6) is 1.38. The fourth-order valence-corrected chi connectivity index (χ4v) is 10.9. The van der Waals surface area contributed by atoms with E-state index in [1.54, 1.807) is 58.0 Å². The van der Waals surface area contributed by atoms with Gasteiger partial charge in [-0.15, -0.1) is 34.8 Å². The maximum Gasteiger partial charge on any atom is 2.00 e. The van der Waals surface area contributed by atoms with Gasteiger partial charge in [-0.1, -0.05) is 123 Å². The summed E-state index contributed by atoms with van der Waals surface area (Å²) in [6, 6.07) is 25.0. The molecular formula is C44H40N4OPtS4. The van der Waals surface area contributed by atoms with Crippen LogP contribution in [0.4, 0.5) is 0 Å². The average Bonchev–Trinajstić information content (AvgIpc) is 3.87. The molecule has 0 atom stereocenters. The first kappa shape index (κ1) is 38.7. The largest absolute Gasteiger partial charge is 2.00 e. The Balaban J connectivity index is 0.00000450. The van der Waals surface area contributed by atoms with Crippen LogP contribution < -0.4 is 4.74 Å². The number of ether oxygens (including phenoxy) is 1. The van der Waals surface area contributed by atoms with Gasteiger partial charge < -0.3 is 4.74 Å². The maximum absolute atomic E-state index is 6.57. The van der Waals surface area contributed by atoms with Crippen LogP contribution in [0.25, 0.3) is 62.5 Å². The summed E-state index contributed by atoms with van der Waals surface area (Å²) in [7, 11) is 0. The fraction of sp³-hybridized carbons (Fsp3) is 0.273. The van der Waals surface area contributed by atoms with Crippen LogP contribution in [0.2, 0.25) is 0 Å². The van der Waals surface area contributed by atoms with E-state index < -0.39 is 0 Å². The van der Waals surface area contributed by atoms with E-state index in [0.29, 0.717) is 11.5 Å². The van der Waals surface area contributed by atoms with Gasteiger partial charge in [0.05, 0.1) is 11.0 Å². The van der Waals surface area contributed by atoms with Crippen molar-refractivity contribution in [1.82, 2.24) is 19.9 Å². The number of aromatic nitrogens is 4. The van der Waals surface area contributed by atoms with Gasteiger partial charge in [0.2, 0.25) is 0 Å². The van der Waals surface area contributed by atoms with Crippen LogP contribution in [0.5, 0.6) is 11.5 Å². The molecule has 0 fully saturated rings. The van der Waals surface area contributed by atoms with Gasteiger partial charge >= 0.3 is 21.1 Å². The van der Waals surface area contributed by atoms with E-state index in [4.69, 9.17) is 24.7 Å². The summed E-state index contributed by atoms with van der Waals surface area (Å²) in [6.45, 7) is 21.9. The van der Waals surface area contributed by atoms with E-state index in [9.17, 15) is 0 Å². The number of aryl methyl sites for hydroxylation is 4. The van der Waals surface area contributed by atoms with E-state index >= 15 is 0 Å². The zero-order chi connectivity index (χ0) is 37.4. The molecule has 5 nitrogen and oxygen atoms in total. The van der Waals surface area contributed by atoms with E-state index in [1.165, 1.54) is 43.1 Å². The molecule has 8 rings (SSSR count). The van der Waals surface area contributed by atoms with Crippen molar-refractivity contribution < 1.29 is 25.8 Å². The summed E-state index contributed by atoms with van der Waals surface area (Å²) < 4.78 is 8.70. The molecule has 0 N–H and O–H groups in total. The molecule has 8 aromatic rings. The first-order valence-electron chi connectivity index (χ1n) is 17.6. The van der Waals surface area contributed by atoms with Gasteiger partial charge in [0, 0.05) is 42.0 Å². The predicted molar refractivity (Wildman–Crippen MR) is 226 cm³/mol. The minimum absolute atomic E-state index is 0. The van der Waals surface area contributed by atoms with Crippen molar-refractivity contribution in [1.29, 1.82) is 0 Å². The smallest absolute Gasteiger partial charge is 0.507 e. The SMILES string of the molecule is Cc1sc(-c2ncnc3c(C)c(-c4ccc(C(C)(C)C)cc4)sc23)[c-]c1Oc1[c-]c(-c2ncnc3c(C)c(-c4ccc(C(C)(C)C)cc4)sc23)sc1C.[Pt+2]. The monoisotopic (exact) mass is 963 g/mol. The molecule has 0 unspecified atom stereocenters. The molecule has 54 heavy (non-hydrogen) atoms. The van der Waals surface area contributed by atoms with E-state index in [1.807, 2.05) is 0 Å². The number of hydrogen-bond acceptors (Lipinski definition) is 9. The second-order valence-electron chi connectivity index (χ2n) is 15.6. The molecule has 0 saturated heterocycles. The zero-order valence-electron chi connectivity index (χ0n) is 31.9. The van der Waals surface area contributed by atoms with Crippen LogP contribution in [0, 0.1) is 39.8 Å². The molecule has 0 aliphatic rings. The first-order chi connectivity index (χ1) is 25.2. The van der Waals surface area contributed by atoms with Gasteiger partial charge in [-0.05, 0) is 58.1 Å². The molecule has 6 aromatic heterocycles. The summed E-state index contributed by atoms with van der Waals surface area (Å²) in [5, 5.41) is 0. The minimum Gasteiger partial charge on any atom is -0.507 e. The third-order valence-corrected chi connectivity index (χ3v) is 14.3. The molecule has 0 amide bonds. The van der Waals surface area contributed by atoms with Crippen molar-refractivity contribution in [2.24, 2.45) is 0 Å². The fourth-order valence-electron chi connectivity index (χ4n) is 6.51. The molecule has 10 heteroatoms. The Kier molecular flexibility index (Phi) is 10.4. The van der Waals surface area contributed by atoms with Crippen LogP contribution in [-0.2, 0) is 31.9 Å². The number of thiophene rings is 4. The van der Waals surface area contributed by atoms with Gasteiger partial charge in [-0.2, -0.15) is 0 Å². The number of hydrogen-bond donors (Lipinski definition) is 0. The van der Waals surface area contributed by atoms with E-state index in [-0.39, 0.29) is 31.9 Å². The van der Waals surface area contributed by atoms with Gasteiger partial charge in [-0.3, -0.25) is 9.97 Å². The standard InChI is InChI=1S/C44H40N4OS4.Pt/c1-23-35-41(52-39(23)27-11-15-29(16-12-27)43(5,6)7)37(47-21-45-35)33-19-31(25(3)50-33)49-32-20-34(51-26(32)4)38-42-36(46-22-48-38)24(2)40(53-42)28-13-17-30(18-14-28)44(8,9)10;/h11-18,21-22H,1-10H3;/q-2;+2. The van der Waals surface area contributed by atoms with Crippen molar-refractivity contribution in [3.8, 4) is 53.5 Å². The van der Waals surface area contributed by atoms with Crippen LogP contribution in [0.1, 0.15) is 73.6 Å². The zero-order valence-corrected chi connectivity index (χ0v) is 37.5. The van der Waals surface area contributed by atoms with E-state index in [0.717, 1.165) is 51.3 Å². The van der Waals surface area contributed by atoms with Gasteiger partial charge in [0.25, 0.3) is 0 Å². The molecule has 0 radical (unpaired) electrons. The molecule has 276 valence electrons. The Labute approximate surface area is 347 Å². The van der Waals surface area contributed by atoms with Gasteiger partial charge in [0.1, 0.15) is 12.7 Å². The van der Waals surface area contributed by atoms with Crippen molar-refractivity contribution in [2.75, 3.05) is 0 Å². The molecule has 2 aromatic carbocycles. The molecular weight excluding hydrogens is 924 g/mol. The predicted octanol–water partition coefficient (Wildman–Crippen LogP) is 13.7. The van der Waals surface area contributed by atoms with Crippen LogP contribution in [0.3, 0.4) is 0 Å². The van der Waals surface area contributed by atoms with Crippen molar-refractivity contribution in [3.63, 3.8) is 0 Å². The third-order valence-electron chi connectivity index (χ3n) is 9.67. The number of benzene rings is 2. The van der Waals surface area contributed by atoms with Crippen molar-refractivity contribution in [2.45, 2.75) is 80.1 Å². The van der Waals surface area contributed by atoms with E-state index in [2.05, 4.69) is 130 Å². The second-order valence-corrected chi connectivity index (χ2v) is 20.0. The molecule has 0 bridgehead atoms. The Morgan fingerprint density at radius 3 is 1.24 bits per heavy atom. The normalized spacial score (nSPS) is 12.1.